The standard InChI is InChI=1S/C40H46FN3O6/c1-6-47-37(48-7-2)24-34(33-17-12-18-36(41)42-33)43-38(45)35(23-26-19-21-27(22-20-26)50-40(3,4)5)44-39(46)49-25-32-30-15-10-8-13-28(30)29-14-9-11-16-31(29)32/h8-22,32,34-35,37H,6-7,23-25H2,1-5H3,(H,43,45)(H,44,46)/t34-,35-/m0/s1. The highest BCUT2D eigenvalue weighted by Crippen LogP contribution is 2.44. The predicted molar refractivity (Wildman–Crippen MR) is 189 cm³/mol. The van der Waals surface area contributed by atoms with Crippen molar-refractivity contribution in [2.45, 2.75) is 77.4 Å². The summed E-state index contributed by atoms with van der Waals surface area (Å²) in [7, 11) is 0. The minimum atomic E-state index is -1.05. The van der Waals surface area contributed by atoms with Crippen molar-refractivity contribution in [1.29, 1.82) is 0 Å². The lowest BCUT2D eigenvalue weighted by Crippen LogP contribution is -2.49. The van der Waals surface area contributed by atoms with Crippen molar-refractivity contribution < 1.29 is 32.9 Å². The predicted octanol–water partition coefficient (Wildman–Crippen LogP) is 7.49. The van der Waals surface area contributed by atoms with Crippen LogP contribution in [0.2, 0.25) is 0 Å². The summed E-state index contributed by atoms with van der Waals surface area (Å²) in [6, 6.07) is 26.1. The van der Waals surface area contributed by atoms with E-state index < -0.39 is 36.3 Å². The van der Waals surface area contributed by atoms with E-state index in [1.807, 2.05) is 95.3 Å². The smallest absolute Gasteiger partial charge is 0.407 e. The summed E-state index contributed by atoms with van der Waals surface area (Å²) in [4.78, 5) is 31.6. The molecule has 10 heteroatoms. The molecule has 2 atom stereocenters. The molecule has 50 heavy (non-hydrogen) atoms. The van der Waals surface area contributed by atoms with Crippen molar-refractivity contribution in [3.8, 4) is 16.9 Å². The van der Waals surface area contributed by atoms with Gasteiger partial charge >= 0.3 is 6.09 Å². The Morgan fingerprint density at radius 2 is 1.44 bits per heavy atom. The van der Waals surface area contributed by atoms with Crippen LogP contribution in [-0.4, -0.2) is 54.7 Å². The van der Waals surface area contributed by atoms with E-state index in [4.69, 9.17) is 18.9 Å². The highest BCUT2D eigenvalue weighted by Gasteiger charge is 2.31. The highest BCUT2D eigenvalue weighted by molar-refractivity contribution is 5.86. The molecule has 0 radical (unpaired) electrons. The van der Waals surface area contributed by atoms with Crippen molar-refractivity contribution in [2.75, 3.05) is 19.8 Å². The molecular formula is C40H46FN3O6. The molecule has 9 nitrogen and oxygen atoms in total. The molecule has 264 valence electrons. The van der Waals surface area contributed by atoms with Crippen LogP contribution in [0.3, 0.4) is 0 Å². The fourth-order valence-electron chi connectivity index (χ4n) is 6.17. The number of nitrogens with zero attached hydrogens (tertiary/aromatic N) is 1. The molecule has 1 aromatic heterocycles. The van der Waals surface area contributed by atoms with E-state index in [1.54, 1.807) is 6.07 Å². The third-order valence-electron chi connectivity index (χ3n) is 8.28. The lowest BCUT2D eigenvalue weighted by atomic mass is 9.98. The summed E-state index contributed by atoms with van der Waals surface area (Å²) in [5.41, 5.74) is 5.09. The molecule has 1 aliphatic carbocycles. The Morgan fingerprint density at radius 1 is 0.820 bits per heavy atom. The van der Waals surface area contributed by atoms with Crippen LogP contribution < -0.4 is 15.4 Å². The highest BCUT2D eigenvalue weighted by atomic mass is 19.1. The molecule has 2 N–H and O–H groups in total. The average Bonchev–Trinajstić information content (AvgIpc) is 3.40. The Labute approximate surface area is 293 Å². The summed E-state index contributed by atoms with van der Waals surface area (Å²) in [6.45, 7) is 10.4. The number of carbonyl (C=O) groups is 2. The van der Waals surface area contributed by atoms with Gasteiger partial charge in [-0.1, -0.05) is 66.7 Å². The van der Waals surface area contributed by atoms with Gasteiger partial charge in [-0.3, -0.25) is 4.79 Å². The molecule has 0 fully saturated rings. The largest absolute Gasteiger partial charge is 0.488 e. The molecule has 2 amide bonds. The van der Waals surface area contributed by atoms with Gasteiger partial charge in [0.25, 0.3) is 0 Å². The molecule has 3 aromatic carbocycles. The number of ether oxygens (including phenoxy) is 4. The third kappa shape index (κ3) is 9.67. The maximum atomic E-state index is 14.3. The first-order chi connectivity index (χ1) is 24.0. The van der Waals surface area contributed by atoms with Crippen LogP contribution in [0.15, 0.2) is 91.0 Å². The van der Waals surface area contributed by atoms with Crippen LogP contribution in [0.5, 0.6) is 5.75 Å². The van der Waals surface area contributed by atoms with Gasteiger partial charge < -0.3 is 29.6 Å². The van der Waals surface area contributed by atoms with Gasteiger partial charge in [0, 0.05) is 32.0 Å². The number of alkyl carbamates (subject to hydrolysis) is 1. The quantitative estimate of drug-likeness (QED) is 0.0988. The number of amides is 2. The van der Waals surface area contributed by atoms with Crippen LogP contribution in [-0.2, 0) is 25.4 Å². The maximum absolute atomic E-state index is 14.3. The van der Waals surface area contributed by atoms with E-state index in [0.29, 0.717) is 24.7 Å². The normalized spacial score (nSPS) is 13.7. The fourth-order valence-corrected chi connectivity index (χ4v) is 6.17. The zero-order chi connectivity index (χ0) is 35.7. The van der Waals surface area contributed by atoms with E-state index in [2.05, 4.69) is 27.8 Å². The van der Waals surface area contributed by atoms with Gasteiger partial charge in [0.2, 0.25) is 11.9 Å². The first-order valence-corrected chi connectivity index (χ1v) is 17.1. The van der Waals surface area contributed by atoms with Gasteiger partial charge in [-0.2, -0.15) is 4.39 Å². The molecule has 0 spiro atoms. The molecule has 0 bridgehead atoms. The number of carbonyl (C=O) groups excluding carboxylic acids is 2. The van der Waals surface area contributed by atoms with Gasteiger partial charge in [0.15, 0.2) is 6.29 Å². The summed E-state index contributed by atoms with van der Waals surface area (Å²) in [5.74, 6) is -0.650. The molecule has 0 saturated heterocycles. The number of halogens is 1. The summed E-state index contributed by atoms with van der Waals surface area (Å²) >= 11 is 0. The Hall–Kier alpha value is -4.80. The Balaban J connectivity index is 1.36. The second kappa shape index (κ2) is 16.7. The number of fused-ring (bicyclic) bond motifs is 3. The Morgan fingerprint density at radius 3 is 2.02 bits per heavy atom. The minimum absolute atomic E-state index is 0.0905. The van der Waals surface area contributed by atoms with Crippen molar-refractivity contribution in [1.82, 2.24) is 15.6 Å². The topological polar surface area (TPSA) is 108 Å². The van der Waals surface area contributed by atoms with E-state index >= 15 is 0 Å². The van der Waals surface area contributed by atoms with E-state index in [0.717, 1.165) is 27.8 Å². The second-order valence-electron chi connectivity index (χ2n) is 13.1. The van der Waals surface area contributed by atoms with Gasteiger partial charge in [-0.25, -0.2) is 9.78 Å². The molecule has 0 saturated carbocycles. The first-order valence-electron chi connectivity index (χ1n) is 17.1. The molecule has 1 heterocycles. The fraction of sp³-hybridized carbons (Fsp3) is 0.375. The van der Waals surface area contributed by atoms with Crippen molar-refractivity contribution in [2.24, 2.45) is 0 Å². The van der Waals surface area contributed by atoms with Crippen LogP contribution in [0, 0.1) is 5.95 Å². The lowest BCUT2D eigenvalue weighted by Gasteiger charge is -2.27. The van der Waals surface area contributed by atoms with Crippen molar-refractivity contribution in [3.05, 3.63) is 119 Å². The zero-order valence-corrected chi connectivity index (χ0v) is 29.3. The molecular weight excluding hydrogens is 637 g/mol. The number of aromatic nitrogens is 1. The molecule has 0 unspecified atom stereocenters. The Kier molecular flexibility index (Phi) is 12.2. The summed E-state index contributed by atoms with van der Waals surface area (Å²) < 4.78 is 37.5. The van der Waals surface area contributed by atoms with E-state index in [9.17, 15) is 14.0 Å². The van der Waals surface area contributed by atoms with E-state index in [1.165, 1.54) is 12.1 Å². The van der Waals surface area contributed by atoms with Gasteiger partial charge in [0.05, 0.1) is 11.7 Å². The Bertz CT molecular complexity index is 1690. The van der Waals surface area contributed by atoms with Crippen LogP contribution in [0.4, 0.5) is 9.18 Å². The van der Waals surface area contributed by atoms with Crippen molar-refractivity contribution in [3.63, 3.8) is 0 Å². The number of rotatable bonds is 15. The number of benzene rings is 3. The average molecular weight is 684 g/mol. The summed E-state index contributed by atoms with van der Waals surface area (Å²) in [6.07, 6.45) is -1.10. The maximum Gasteiger partial charge on any atom is 0.407 e. The monoisotopic (exact) mass is 683 g/mol. The van der Waals surface area contributed by atoms with Gasteiger partial charge in [-0.15, -0.1) is 0 Å². The minimum Gasteiger partial charge on any atom is -0.488 e. The number of nitrogens with one attached hydrogen (secondary N) is 2. The SMILES string of the molecule is CCOC(C[C@H](NC(=O)[C@H](Cc1ccc(OC(C)(C)C)cc1)NC(=O)OCC1c2ccccc2-c2ccccc21)c1cccc(F)n1)OCC. The van der Waals surface area contributed by atoms with Crippen LogP contribution >= 0.6 is 0 Å². The van der Waals surface area contributed by atoms with Crippen molar-refractivity contribution >= 4 is 12.0 Å². The molecule has 0 aliphatic heterocycles. The zero-order valence-electron chi connectivity index (χ0n) is 29.3. The third-order valence-corrected chi connectivity index (χ3v) is 8.28. The number of pyridine rings is 1. The van der Waals surface area contributed by atoms with Gasteiger partial charge in [-0.05, 0) is 86.7 Å². The lowest BCUT2D eigenvalue weighted by molar-refractivity contribution is -0.145. The molecule has 5 rings (SSSR count). The molecule has 1 aliphatic rings. The summed E-state index contributed by atoms with van der Waals surface area (Å²) in [5, 5.41) is 5.78. The van der Waals surface area contributed by atoms with Crippen LogP contribution in [0.1, 0.15) is 75.4 Å². The number of hydrogen-bond acceptors (Lipinski definition) is 7. The van der Waals surface area contributed by atoms with Gasteiger partial charge in [0.1, 0.15) is 24.0 Å². The van der Waals surface area contributed by atoms with Crippen LogP contribution in [0.25, 0.3) is 11.1 Å². The second-order valence-corrected chi connectivity index (χ2v) is 13.1. The number of hydrogen-bond donors (Lipinski definition) is 2. The van der Waals surface area contributed by atoms with E-state index in [-0.39, 0.29) is 31.0 Å². The molecule has 4 aromatic rings. The first kappa shape index (κ1) is 36.5.